The van der Waals surface area contributed by atoms with Crippen LogP contribution in [0.3, 0.4) is 0 Å². The minimum atomic E-state index is 0.0466. The first kappa shape index (κ1) is 16.3. The van der Waals surface area contributed by atoms with Gasteiger partial charge in [0.15, 0.2) is 5.96 Å². The highest BCUT2D eigenvalue weighted by Crippen LogP contribution is 2.27. The highest BCUT2D eigenvalue weighted by atomic mass is 16.2. The fourth-order valence-electron chi connectivity index (χ4n) is 2.03. The van der Waals surface area contributed by atoms with Gasteiger partial charge in [-0.3, -0.25) is 14.8 Å². The highest BCUT2D eigenvalue weighted by Gasteiger charge is 2.21. The highest BCUT2D eigenvalue weighted by molar-refractivity contribution is 5.86. The summed E-state index contributed by atoms with van der Waals surface area (Å²) in [7, 11) is 3.53. The van der Waals surface area contributed by atoms with E-state index in [0.29, 0.717) is 12.5 Å². The Bertz CT molecular complexity index is 499. The van der Waals surface area contributed by atoms with Gasteiger partial charge in [-0.05, 0) is 30.9 Å². The van der Waals surface area contributed by atoms with Gasteiger partial charge < -0.3 is 15.5 Å². The Morgan fingerprint density at radius 2 is 2.23 bits per heavy atom. The van der Waals surface area contributed by atoms with Crippen molar-refractivity contribution >= 4 is 11.9 Å². The van der Waals surface area contributed by atoms with Crippen molar-refractivity contribution in [3.8, 4) is 0 Å². The summed E-state index contributed by atoms with van der Waals surface area (Å²) < 4.78 is 0. The van der Waals surface area contributed by atoms with Crippen LogP contribution in [0.2, 0.25) is 0 Å². The lowest BCUT2D eigenvalue weighted by molar-refractivity contribution is -0.128. The largest absolute Gasteiger partial charge is 0.356 e. The molecule has 6 heteroatoms. The molecule has 1 fully saturated rings. The summed E-state index contributed by atoms with van der Waals surface area (Å²) in [5.74, 6) is 1.51. The van der Waals surface area contributed by atoms with Crippen molar-refractivity contribution < 1.29 is 4.79 Å². The average Bonchev–Trinajstić information content (AvgIpc) is 3.37. The van der Waals surface area contributed by atoms with Crippen LogP contribution in [-0.2, 0) is 11.2 Å². The first-order valence-electron chi connectivity index (χ1n) is 7.77. The molecule has 1 aliphatic carbocycles. The normalized spacial score (nSPS) is 14.5. The van der Waals surface area contributed by atoms with Crippen molar-refractivity contribution in [3.63, 3.8) is 0 Å². The van der Waals surface area contributed by atoms with E-state index in [0.717, 1.165) is 24.6 Å². The number of hydrogen-bond acceptors (Lipinski definition) is 3. The van der Waals surface area contributed by atoms with Crippen LogP contribution in [0.15, 0.2) is 29.4 Å². The number of hydrogen-bond donors (Lipinski definition) is 2. The number of aromatic nitrogens is 1. The van der Waals surface area contributed by atoms with Crippen molar-refractivity contribution in [2.45, 2.75) is 19.3 Å². The molecule has 2 rings (SSSR count). The number of nitrogens with zero attached hydrogens (tertiary/aromatic N) is 3. The van der Waals surface area contributed by atoms with Crippen LogP contribution in [-0.4, -0.2) is 55.5 Å². The maximum Gasteiger partial charge on any atom is 0.241 e. The van der Waals surface area contributed by atoms with Gasteiger partial charge in [-0.25, -0.2) is 0 Å². The number of carbonyl (C=O) groups excluding carboxylic acids is 1. The van der Waals surface area contributed by atoms with E-state index in [9.17, 15) is 4.79 Å². The van der Waals surface area contributed by atoms with Gasteiger partial charge in [0, 0.05) is 45.5 Å². The molecule has 2 N–H and O–H groups in total. The van der Waals surface area contributed by atoms with Crippen LogP contribution in [0.5, 0.6) is 0 Å². The lowest BCUT2D eigenvalue weighted by Crippen LogP contribution is -2.44. The van der Waals surface area contributed by atoms with E-state index >= 15 is 0 Å². The quantitative estimate of drug-likeness (QED) is 0.573. The molecule has 6 nitrogen and oxygen atoms in total. The molecule has 0 aromatic carbocycles. The zero-order valence-corrected chi connectivity index (χ0v) is 13.4. The predicted molar refractivity (Wildman–Crippen MR) is 87.7 cm³/mol. The maximum absolute atomic E-state index is 12.1. The topological polar surface area (TPSA) is 69.6 Å². The average molecular weight is 303 g/mol. The van der Waals surface area contributed by atoms with Gasteiger partial charge in [0.05, 0.1) is 6.54 Å². The Labute approximate surface area is 132 Å². The van der Waals surface area contributed by atoms with Gasteiger partial charge in [0.25, 0.3) is 0 Å². The summed E-state index contributed by atoms with van der Waals surface area (Å²) in [5.41, 5.74) is 0.997. The van der Waals surface area contributed by atoms with Crippen LogP contribution >= 0.6 is 0 Å². The zero-order chi connectivity index (χ0) is 15.8. The molecule has 1 heterocycles. The molecule has 1 amide bonds. The Hall–Kier alpha value is -2.11. The molecule has 1 saturated carbocycles. The molecule has 22 heavy (non-hydrogen) atoms. The SMILES string of the molecule is CN=C(NCC(=O)N(C)CCc1ccccn1)NCC1CC1. The van der Waals surface area contributed by atoms with Gasteiger partial charge in [-0.15, -0.1) is 0 Å². The zero-order valence-electron chi connectivity index (χ0n) is 13.4. The minimum Gasteiger partial charge on any atom is -0.356 e. The van der Waals surface area contributed by atoms with E-state index in [2.05, 4.69) is 20.6 Å². The molecule has 0 unspecified atom stereocenters. The molecule has 0 radical (unpaired) electrons. The van der Waals surface area contributed by atoms with Crippen molar-refractivity contribution in [2.24, 2.45) is 10.9 Å². The number of amides is 1. The first-order chi connectivity index (χ1) is 10.7. The van der Waals surface area contributed by atoms with E-state index in [4.69, 9.17) is 0 Å². The summed E-state index contributed by atoms with van der Waals surface area (Å²) in [6, 6.07) is 5.82. The monoisotopic (exact) mass is 303 g/mol. The third-order valence-electron chi connectivity index (χ3n) is 3.74. The number of pyridine rings is 1. The molecule has 1 aromatic rings. The molecule has 0 bridgehead atoms. The molecule has 0 atom stereocenters. The third-order valence-corrected chi connectivity index (χ3v) is 3.74. The van der Waals surface area contributed by atoms with Gasteiger partial charge in [0.2, 0.25) is 5.91 Å². The standard InChI is InChI=1S/C16H25N5O/c1-17-16(19-11-13-6-7-13)20-12-15(22)21(2)10-8-14-5-3-4-9-18-14/h3-5,9,13H,6-8,10-12H2,1-2H3,(H2,17,19,20). The minimum absolute atomic E-state index is 0.0466. The fourth-order valence-corrected chi connectivity index (χ4v) is 2.03. The summed E-state index contributed by atoms with van der Waals surface area (Å²) in [4.78, 5) is 22.2. The van der Waals surface area contributed by atoms with Crippen molar-refractivity contribution in [2.75, 3.05) is 33.7 Å². The second kappa shape index (κ2) is 8.36. The van der Waals surface area contributed by atoms with Gasteiger partial charge in [0.1, 0.15) is 0 Å². The van der Waals surface area contributed by atoms with Crippen LogP contribution < -0.4 is 10.6 Å². The van der Waals surface area contributed by atoms with E-state index < -0.39 is 0 Å². The third kappa shape index (κ3) is 5.71. The van der Waals surface area contributed by atoms with E-state index in [1.165, 1.54) is 12.8 Å². The Morgan fingerprint density at radius 1 is 1.41 bits per heavy atom. The molecule has 1 aliphatic rings. The molecular formula is C16H25N5O. The second-order valence-electron chi connectivity index (χ2n) is 5.64. The fraction of sp³-hybridized carbons (Fsp3) is 0.562. The van der Waals surface area contributed by atoms with Gasteiger partial charge >= 0.3 is 0 Å². The van der Waals surface area contributed by atoms with Gasteiger partial charge in [-0.2, -0.15) is 0 Å². The first-order valence-corrected chi connectivity index (χ1v) is 7.77. The summed E-state index contributed by atoms with van der Waals surface area (Å²) in [6.45, 7) is 1.85. The lowest BCUT2D eigenvalue weighted by atomic mass is 10.2. The molecule has 0 saturated heterocycles. The van der Waals surface area contributed by atoms with Crippen molar-refractivity contribution in [3.05, 3.63) is 30.1 Å². The number of carbonyl (C=O) groups is 1. The van der Waals surface area contributed by atoms with Crippen molar-refractivity contribution in [1.29, 1.82) is 0 Å². The molecule has 120 valence electrons. The molecule has 1 aromatic heterocycles. The number of rotatable bonds is 7. The molecule has 0 spiro atoms. The van der Waals surface area contributed by atoms with Crippen LogP contribution in [0.1, 0.15) is 18.5 Å². The number of guanidine groups is 1. The molecular weight excluding hydrogens is 278 g/mol. The number of nitrogens with one attached hydrogen (secondary N) is 2. The second-order valence-corrected chi connectivity index (χ2v) is 5.64. The maximum atomic E-state index is 12.1. The number of aliphatic imine (C=N–C) groups is 1. The Kier molecular flexibility index (Phi) is 6.18. The van der Waals surface area contributed by atoms with Crippen molar-refractivity contribution in [1.82, 2.24) is 20.5 Å². The van der Waals surface area contributed by atoms with E-state index in [1.54, 1.807) is 18.1 Å². The van der Waals surface area contributed by atoms with Crippen LogP contribution in [0.4, 0.5) is 0 Å². The molecule has 0 aliphatic heterocycles. The Morgan fingerprint density at radius 3 is 2.86 bits per heavy atom. The van der Waals surface area contributed by atoms with Crippen LogP contribution in [0.25, 0.3) is 0 Å². The predicted octanol–water partition coefficient (Wildman–Crippen LogP) is 0.657. The van der Waals surface area contributed by atoms with E-state index in [-0.39, 0.29) is 12.5 Å². The number of likely N-dealkylation sites (N-methyl/N-ethyl adjacent to an activating group) is 1. The van der Waals surface area contributed by atoms with Crippen LogP contribution in [0, 0.1) is 5.92 Å². The van der Waals surface area contributed by atoms with E-state index in [1.807, 2.05) is 25.2 Å². The summed E-state index contributed by atoms with van der Waals surface area (Å²) in [6.07, 6.45) is 5.12. The lowest BCUT2D eigenvalue weighted by Gasteiger charge is -2.18. The summed E-state index contributed by atoms with van der Waals surface area (Å²) >= 11 is 0. The summed E-state index contributed by atoms with van der Waals surface area (Å²) in [5, 5.41) is 6.31. The van der Waals surface area contributed by atoms with Gasteiger partial charge in [-0.1, -0.05) is 6.07 Å². The smallest absolute Gasteiger partial charge is 0.241 e. The Balaban J connectivity index is 1.66.